The van der Waals surface area contributed by atoms with E-state index < -0.39 is 17.4 Å². The summed E-state index contributed by atoms with van der Waals surface area (Å²) in [5, 5.41) is 19.8. The number of benzene rings is 4. The molecule has 434 valence electrons. The van der Waals surface area contributed by atoms with E-state index in [0.29, 0.717) is 72.8 Å². The summed E-state index contributed by atoms with van der Waals surface area (Å²) in [5.74, 6) is -0.785. The molecule has 4 aromatic rings. The van der Waals surface area contributed by atoms with Gasteiger partial charge in [0.05, 0.1) is 61.0 Å². The maximum atomic E-state index is 13.7. The van der Waals surface area contributed by atoms with Gasteiger partial charge in [0.15, 0.2) is 0 Å². The zero-order valence-electron chi connectivity index (χ0n) is 46.0. The molecule has 0 saturated carbocycles. The highest BCUT2D eigenvalue weighted by Gasteiger charge is 2.34. The van der Waals surface area contributed by atoms with Gasteiger partial charge in [-0.15, -0.1) is 0 Å². The van der Waals surface area contributed by atoms with E-state index in [0.717, 1.165) is 5.56 Å². The third kappa shape index (κ3) is 26.5. The summed E-state index contributed by atoms with van der Waals surface area (Å²) in [5.41, 5.74) is 0.835. The lowest BCUT2D eigenvalue weighted by molar-refractivity contribution is -0.145. The van der Waals surface area contributed by atoms with Gasteiger partial charge < -0.3 is 70.4 Å². The second-order valence-corrected chi connectivity index (χ2v) is 18.3. The van der Waals surface area contributed by atoms with Crippen LogP contribution < -0.4 is 51.4 Å². The van der Waals surface area contributed by atoms with Gasteiger partial charge in [-0.25, -0.2) is 0 Å². The van der Waals surface area contributed by atoms with E-state index in [1.165, 1.54) is 21.3 Å². The molecule has 0 unspecified atom stereocenters. The minimum absolute atomic E-state index is 0.0325. The number of hydrogen-bond donors (Lipinski definition) is 7. The van der Waals surface area contributed by atoms with Crippen LogP contribution in [0.3, 0.4) is 0 Å². The van der Waals surface area contributed by atoms with E-state index >= 15 is 0 Å². The lowest BCUT2D eigenvalue weighted by Crippen LogP contribution is -2.58. The Bertz CT molecular complexity index is 2300. The monoisotopic (exact) mass is 1110 g/mol. The summed E-state index contributed by atoms with van der Waals surface area (Å²) < 4.78 is 38.9. The number of esters is 1. The second kappa shape index (κ2) is 37.7. The average molecular weight is 1110 g/mol. The molecule has 0 fully saturated rings. The van der Waals surface area contributed by atoms with Gasteiger partial charge in [0.2, 0.25) is 23.6 Å². The van der Waals surface area contributed by atoms with Gasteiger partial charge in [-0.2, -0.15) is 0 Å². The summed E-state index contributed by atoms with van der Waals surface area (Å²) >= 11 is 0. The number of amides is 7. The topological polar surface area (TPSA) is 285 Å². The lowest BCUT2D eigenvalue weighted by atomic mass is 10.0. The van der Waals surface area contributed by atoms with Crippen LogP contribution in [0.1, 0.15) is 94.4 Å². The molecule has 0 atom stereocenters. The fraction of sp³-hybridized carbons (Fsp3) is 0.448. The summed E-state index contributed by atoms with van der Waals surface area (Å²) in [6.07, 6.45) is 1.28. The van der Waals surface area contributed by atoms with E-state index in [2.05, 4.69) is 37.2 Å². The van der Waals surface area contributed by atoms with Crippen molar-refractivity contribution < 1.29 is 71.5 Å². The lowest BCUT2D eigenvalue weighted by Gasteiger charge is -2.34. The molecule has 0 heterocycles. The normalized spacial score (nSPS) is 10.8. The third-order valence-corrected chi connectivity index (χ3v) is 11.9. The van der Waals surface area contributed by atoms with Crippen LogP contribution in [0.25, 0.3) is 0 Å². The minimum atomic E-state index is -1.40. The summed E-state index contributed by atoms with van der Waals surface area (Å²) in [6, 6.07) is 29.2. The van der Waals surface area contributed by atoms with Crippen molar-refractivity contribution in [3.63, 3.8) is 0 Å². The van der Waals surface area contributed by atoms with Gasteiger partial charge in [-0.1, -0.05) is 30.3 Å². The standard InChI is InChI=1S/C58H77N7O15/c1-74-47-21-15-44(16-22-47)55(71)62-33-8-30-59-50(66)27-36-77-40-58(65-53(69)13-7-14-54(70)80-39-43-11-5-4-6-12-43,41-78-37-28-51(67)60-31-9-34-63-56(72)45-17-23-48(75-2)24-18-45)42-79-38-29-52(68)61-32-10-35-64-57(73)46-19-25-49(76-3)26-20-46/h4-6,11-12,15-26H,7-10,13-14,27-42H2,1-3H3,(H,59,66)(H,60,67)(H,61,68)(H,62,71)(H,63,72)(H,64,73)(H,65,69). The fourth-order valence-electron chi connectivity index (χ4n) is 7.45. The van der Waals surface area contributed by atoms with Crippen molar-refractivity contribution in [2.24, 2.45) is 0 Å². The number of nitrogens with one attached hydrogen (secondary N) is 7. The van der Waals surface area contributed by atoms with Gasteiger partial charge in [0.1, 0.15) is 29.4 Å². The van der Waals surface area contributed by atoms with E-state index in [1.807, 2.05) is 30.3 Å². The van der Waals surface area contributed by atoms with Crippen molar-refractivity contribution in [2.75, 3.05) is 100 Å². The molecule has 7 amide bonds. The molecule has 0 bridgehead atoms. The number of methoxy groups -OCH3 is 3. The first-order valence-corrected chi connectivity index (χ1v) is 26.6. The quantitative estimate of drug-likeness (QED) is 0.0246. The minimum Gasteiger partial charge on any atom is -0.497 e. The molecule has 80 heavy (non-hydrogen) atoms. The fourth-order valence-corrected chi connectivity index (χ4v) is 7.45. The van der Waals surface area contributed by atoms with Crippen LogP contribution >= 0.6 is 0 Å². The molecule has 0 aromatic heterocycles. The first kappa shape index (κ1) is 64.4. The van der Waals surface area contributed by atoms with Crippen LogP contribution in [-0.4, -0.2) is 153 Å². The molecular formula is C58H77N7O15. The van der Waals surface area contributed by atoms with Crippen molar-refractivity contribution in [3.8, 4) is 17.2 Å². The molecule has 0 radical (unpaired) electrons. The Morgan fingerprint density at radius 3 is 1.09 bits per heavy atom. The largest absolute Gasteiger partial charge is 0.497 e. The van der Waals surface area contributed by atoms with Crippen LogP contribution in [0.5, 0.6) is 17.2 Å². The zero-order chi connectivity index (χ0) is 57.6. The molecule has 0 aliphatic rings. The number of ether oxygens (including phenoxy) is 7. The van der Waals surface area contributed by atoms with Crippen molar-refractivity contribution in [3.05, 3.63) is 125 Å². The molecule has 0 aliphatic carbocycles. The molecule has 0 saturated heterocycles. The van der Waals surface area contributed by atoms with Gasteiger partial charge in [-0.3, -0.25) is 38.4 Å². The third-order valence-electron chi connectivity index (χ3n) is 11.9. The first-order chi connectivity index (χ1) is 38.8. The highest BCUT2D eigenvalue weighted by molar-refractivity contribution is 5.95. The van der Waals surface area contributed by atoms with Crippen molar-refractivity contribution in [2.45, 2.75) is 69.9 Å². The highest BCUT2D eigenvalue weighted by atomic mass is 16.5. The summed E-state index contributed by atoms with van der Waals surface area (Å²) in [7, 11) is 4.62. The summed E-state index contributed by atoms with van der Waals surface area (Å²) in [6.45, 7) is 1.03. The van der Waals surface area contributed by atoms with E-state index in [-0.39, 0.29) is 140 Å². The summed E-state index contributed by atoms with van der Waals surface area (Å²) in [4.78, 5) is 102. The Kier molecular flexibility index (Phi) is 30.4. The van der Waals surface area contributed by atoms with Crippen molar-refractivity contribution in [1.29, 1.82) is 0 Å². The van der Waals surface area contributed by atoms with E-state index in [4.69, 9.17) is 33.2 Å². The molecule has 0 aliphatic heterocycles. The van der Waals surface area contributed by atoms with E-state index in [9.17, 15) is 38.4 Å². The Balaban J connectivity index is 1.31. The number of hydrogen-bond acceptors (Lipinski definition) is 15. The van der Waals surface area contributed by atoms with E-state index in [1.54, 1.807) is 72.8 Å². The number of rotatable bonds is 40. The maximum Gasteiger partial charge on any atom is 0.306 e. The molecule has 7 N–H and O–H groups in total. The van der Waals surface area contributed by atoms with Crippen LogP contribution in [0.2, 0.25) is 0 Å². The maximum absolute atomic E-state index is 13.7. The highest BCUT2D eigenvalue weighted by Crippen LogP contribution is 2.15. The SMILES string of the molecule is COc1ccc(C(=O)NCCCNC(=O)CCOCC(COCCC(=O)NCCCNC(=O)c2ccc(OC)cc2)(COCCC(=O)NCCCNC(=O)c2ccc(OC)cc2)NC(=O)CCCC(=O)OCc2ccccc2)cc1. The van der Waals surface area contributed by atoms with Gasteiger partial charge in [-0.05, 0) is 104 Å². The molecule has 22 heteroatoms. The number of carbonyl (C=O) groups is 8. The zero-order valence-corrected chi connectivity index (χ0v) is 46.0. The van der Waals surface area contributed by atoms with Crippen molar-refractivity contribution in [1.82, 2.24) is 37.2 Å². The molecular weight excluding hydrogens is 1030 g/mol. The Morgan fingerprint density at radius 1 is 0.388 bits per heavy atom. The first-order valence-electron chi connectivity index (χ1n) is 26.6. The van der Waals surface area contributed by atoms with Crippen LogP contribution in [0.15, 0.2) is 103 Å². The Morgan fingerprint density at radius 2 is 0.738 bits per heavy atom. The van der Waals surface area contributed by atoms with Gasteiger partial charge in [0.25, 0.3) is 17.7 Å². The van der Waals surface area contributed by atoms with Crippen LogP contribution in [0, 0.1) is 0 Å². The predicted octanol–water partition coefficient (Wildman–Crippen LogP) is 3.81. The Labute approximate surface area is 467 Å². The van der Waals surface area contributed by atoms with Crippen LogP contribution in [0.4, 0.5) is 0 Å². The molecule has 4 rings (SSSR count). The number of carbonyl (C=O) groups excluding carboxylic acids is 8. The average Bonchev–Trinajstić information content (AvgIpc) is 3.48. The van der Waals surface area contributed by atoms with Gasteiger partial charge >= 0.3 is 5.97 Å². The van der Waals surface area contributed by atoms with Gasteiger partial charge in [0, 0.05) is 88.1 Å². The Hall–Kier alpha value is -8.08. The predicted molar refractivity (Wildman–Crippen MR) is 296 cm³/mol. The van der Waals surface area contributed by atoms with Crippen LogP contribution in [-0.2, 0) is 49.5 Å². The van der Waals surface area contributed by atoms with Crippen molar-refractivity contribution >= 4 is 47.3 Å². The molecule has 4 aromatic carbocycles. The molecule has 0 spiro atoms. The molecule has 22 nitrogen and oxygen atoms in total. The smallest absolute Gasteiger partial charge is 0.306 e. The second-order valence-electron chi connectivity index (χ2n) is 18.3.